The van der Waals surface area contributed by atoms with Gasteiger partial charge in [0.2, 0.25) is 0 Å². The Hall–Kier alpha value is -8.28. The first kappa shape index (κ1) is 34.7. The summed E-state index contributed by atoms with van der Waals surface area (Å²) < 4.78 is 8.93. The summed E-state index contributed by atoms with van der Waals surface area (Å²) in [5.41, 5.74) is 12.5. The van der Waals surface area contributed by atoms with Crippen molar-refractivity contribution in [2.24, 2.45) is 0 Å². The van der Waals surface area contributed by atoms with Gasteiger partial charge in [-0.2, -0.15) is 0 Å². The Kier molecular flexibility index (Phi) is 8.10. The fourth-order valence-electron chi connectivity index (χ4n) is 8.96. The number of fused-ring (bicyclic) bond motifs is 7. The number of hydrogen-bond acceptors (Lipinski definition) is 4. The molecule has 0 aliphatic carbocycles. The Morgan fingerprint density at radius 3 is 1.87 bits per heavy atom. The molecule has 0 bridgehead atoms. The molecule has 286 valence electrons. The summed E-state index contributed by atoms with van der Waals surface area (Å²) in [7, 11) is 0. The van der Waals surface area contributed by atoms with Gasteiger partial charge >= 0.3 is 0 Å². The molecule has 1 aliphatic rings. The van der Waals surface area contributed by atoms with Crippen molar-refractivity contribution in [1.29, 1.82) is 0 Å². The van der Waals surface area contributed by atoms with Crippen LogP contribution in [0.25, 0.3) is 83.3 Å². The van der Waals surface area contributed by atoms with Crippen LogP contribution in [-0.2, 0) is 0 Å². The van der Waals surface area contributed by atoms with E-state index < -0.39 is 0 Å². The van der Waals surface area contributed by atoms with E-state index in [9.17, 15) is 0 Å². The van der Waals surface area contributed by atoms with Crippen molar-refractivity contribution in [3.63, 3.8) is 0 Å². The quantitative estimate of drug-likeness (QED) is 0.169. The van der Waals surface area contributed by atoms with Crippen molar-refractivity contribution in [2.45, 2.75) is 0 Å². The second-order valence-corrected chi connectivity index (χ2v) is 15.4. The summed E-state index contributed by atoms with van der Waals surface area (Å²) in [5, 5.41) is 4.72. The highest BCUT2D eigenvalue weighted by atomic mass is 16.5. The molecule has 0 spiro atoms. The standard InChI is InChI=1S/C56H36N4O/c1-4-15-37(16-5-1)38-27-29-41(30-28-38)56-57-47(40-18-6-2-7-19-40)36-53(58-56)60-49-33-31-39-17-10-11-22-44(39)54(49)46-24-14-23-45(55(46)60)42-32-34-52-50(35-42)59(43-20-8-3-9-21-43)48-25-12-13-26-51(48)61-52/h1-36H. The van der Waals surface area contributed by atoms with Gasteiger partial charge < -0.3 is 9.64 Å². The van der Waals surface area contributed by atoms with Crippen molar-refractivity contribution < 1.29 is 4.74 Å². The van der Waals surface area contributed by atoms with Gasteiger partial charge in [-0.25, -0.2) is 9.97 Å². The van der Waals surface area contributed by atoms with Crippen molar-refractivity contribution in [3.8, 4) is 62.2 Å². The Bertz CT molecular complexity index is 3430. The average Bonchev–Trinajstić information content (AvgIpc) is 3.69. The summed E-state index contributed by atoms with van der Waals surface area (Å²) in [5.74, 6) is 3.08. The molecule has 9 aromatic carbocycles. The van der Waals surface area contributed by atoms with Crippen LogP contribution in [-0.4, -0.2) is 14.5 Å². The average molecular weight is 781 g/mol. The maximum absolute atomic E-state index is 6.58. The van der Waals surface area contributed by atoms with Crippen LogP contribution < -0.4 is 9.64 Å². The van der Waals surface area contributed by atoms with Crippen molar-refractivity contribution in [3.05, 3.63) is 218 Å². The lowest BCUT2D eigenvalue weighted by molar-refractivity contribution is 0.477. The number of ether oxygens (including phenoxy) is 1. The smallest absolute Gasteiger partial charge is 0.162 e. The van der Waals surface area contributed by atoms with Crippen LogP contribution in [0.15, 0.2) is 218 Å². The Labute approximate surface area is 353 Å². The molecular formula is C56H36N4O. The lowest BCUT2D eigenvalue weighted by Gasteiger charge is -2.33. The molecule has 0 N–H and O–H groups in total. The Morgan fingerprint density at radius 1 is 0.410 bits per heavy atom. The normalized spacial score (nSPS) is 12.0. The molecular weight excluding hydrogens is 745 g/mol. The van der Waals surface area contributed by atoms with Crippen molar-refractivity contribution >= 4 is 49.6 Å². The second kappa shape index (κ2) is 14.2. The number of aromatic nitrogens is 3. The molecule has 0 radical (unpaired) electrons. The molecule has 61 heavy (non-hydrogen) atoms. The van der Waals surface area contributed by atoms with Gasteiger partial charge in [0.15, 0.2) is 17.3 Å². The van der Waals surface area contributed by atoms with Gasteiger partial charge in [-0.15, -0.1) is 0 Å². The summed E-state index contributed by atoms with van der Waals surface area (Å²) >= 11 is 0. The highest BCUT2D eigenvalue weighted by Gasteiger charge is 2.27. The zero-order valence-corrected chi connectivity index (χ0v) is 33.0. The molecule has 0 saturated heterocycles. The Morgan fingerprint density at radius 2 is 1.05 bits per heavy atom. The predicted molar refractivity (Wildman–Crippen MR) is 250 cm³/mol. The molecule has 0 atom stereocenters. The SMILES string of the molecule is c1ccc(-c2ccc(-c3nc(-c4ccccc4)cc(-n4c5ccc6ccccc6c5c5cccc(-c6ccc7c(c6)N(c6ccccc6)c6ccccc6O7)c54)n3)cc2)cc1. The van der Waals surface area contributed by atoms with Crippen LogP contribution in [0.3, 0.4) is 0 Å². The molecule has 3 heterocycles. The number of benzene rings is 9. The Balaban J connectivity index is 1.12. The molecule has 12 rings (SSSR count). The summed E-state index contributed by atoms with van der Waals surface area (Å²) in [6, 6.07) is 76.7. The topological polar surface area (TPSA) is 43.2 Å². The zero-order valence-electron chi connectivity index (χ0n) is 33.0. The maximum atomic E-state index is 6.58. The minimum Gasteiger partial charge on any atom is -0.453 e. The van der Waals surface area contributed by atoms with Gasteiger partial charge in [-0.05, 0) is 69.9 Å². The monoisotopic (exact) mass is 780 g/mol. The molecule has 0 saturated carbocycles. The van der Waals surface area contributed by atoms with E-state index >= 15 is 0 Å². The molecule has 5 nitrogen and oxygen atoms in total. The fourth-order valence-corrected chi connectivity index (χ4v) is 8.96. The van der Waals surface area contributed by atoms with Gasteiger partial charge in [0.1, 0.15) is 5.82 Å². The number of anilines is 3. The predicted octanol–water partition coefficient (Wildman–Crippen LogP) is 15.0. The largest absolute Gasteiger partial charge is 0.453 e. The first-order valence-electron chi connectivity index (χ1n) is 20.6. The molecule has 0 unspecified atom stereocenters. The molecule has 5 heteroatoms. The summed E-state index contributed by atoms with van der Waals surface area (Å²) in [6.07, 6.45) is 0. The van der Waals surface area contributed by atoms with E-state index in [0.29, 0.717) is 5.82 Å². The van der Waals surface area contributed by atoms with E-state index in [2.05, 4.69) is 204 Å². The van der Waals surface area contributed by atoms with Crippen molar-refractivity contribution in [2.75, 3.05) is 4.90 Å². The molecule has 1 aliphatic heterocycles. The van der Waals surface area contributed by atoms with E-state index in [-0.39, 0.29) is 0 Å². The third-order valence-electron chi connectivity index (χ3n) is 11.8. The zero-order chi connectivity index (χ0) is 40.3. The van der Waals surface area contributed by atoms with Crippen molar-refractivity contribution in [1.82, 2.24) is 14.5 Å². The van der Waals surface area contributed by atoms with E-state index in [0.717, 1.165) is 84.3 Å². The van der Waals surface area contributed by atoms with Gasteiger partial charge in [0, 0.05) is 39.2 Å². The van der Waals surface area contributed by atoms with Crippen LogP contribution in [0, 0.1) is 0 Å². The first-order chi connectivity index (χ1) is 30.2. The van der Waals surface area contributed by atoms with E-state index in [1.54, 1.807) is 0 Å². The van der Waals surface area contributed by atoms with Gasteiger partial charge in [0.25, 0.3) is 0 Å². The minimum atomic E-state index is 0.660. The van der Waals surface area contributed by atoms with E-state index in [1.165, 1.54) is 21.7 Å². The van der Waals surface area contributed by atoms with Gasteiger partial charge in [0.05, 0.1) is 28.1 Å². The van der Waals surface area contributed by atoms with Crippen LogP contribution in [0.1, 0.15) is 0 Å². The van der Waals surface area contributed by atoms with E-state index in [1.807, 2.05) is 24.3 Å². The summed E-state index contributed by atoms with van der Waals surface area (Å²) in [6.45, 7) is 0. The third-order valence-corrected chi connectivity index (χ3v) is 11.8. The third kappa shape index (κ3) is 5.86. The molecule has 0 fully saturated rings. The second-order valence-electron chi connectivity index (χ2n) is 15.4. The highest BCUT2D eigenvalue weighted by molar-refractivity contribution is 6.23. The lowest BCUT2D eigenvalue weighted by atomic mass is 9.98. The molecule has 2 aromatic heterocycles. The highest BCUT2D eigenvalue weighted by Crippen LogP contribution is 2.52. The maximum Gasteiger partial charge on any atom is 0.162 e. The number of hydrogen-bond donors (Lipinski definition) is 0. The van der Waals surface area contributed by atoms with Crippen LogP contribution >= 0.6 is 0 Å². The molecule has 11 aromatic rings. The minimum absolute atomic E-state index is 0.660. The van der Waals surface area contributed by atoms with Crippen LogP contribution in [0.4, 0.5) is 17.1 Å². The molecule has 0 amide bonds. The van der Waals surface area contributed by atoms with E-state index in [4.69, 9.17) is 14.7 Å². The lowest BCUT2D eigenvalue weighted by Crippen LogP contribution is -2.15. The fraction of sp³-hybridized carbons (Fsp3) is 0. The number of nitrogens with zero attached hydrogens (tertiary/aromatic N) is 4. The number of para-hydroxylation sites is 4. The van der Waals surface area contributed by atoms with Crippen LogP contribution in [0.2, 0.25) is 0 Å². The first-order valence-corrected chi connectivity index (χ1v) is 20.6. The van der Waals surface area contributed by atoms with Gasteiger partial charge in [-0.3, -0.25) is 4.57 Å². The van der Waals surface area contributed by atoms with Crippen LogP contribution in [0.5, 0.6) is 11.5 Å². The number of rotatable bonds is 6. The van der Waals surface area contributed by atoms with Gasteiger partial charge in [-0.1, -0.05) is 170 Å². The summed E-state index contributed by atoms with van der Waals surface area (Å²) in [4.78, 5) is 13.0.